The van der Waals surface area contributed by atoms with Crippen LogP contribution in [0.3, 0.4) is 0 Å². The molecule has 0 aliphatic heterocycles. The summed E-state index contributed by atoms with van der Waals surface area (Å²) >= 11 is 0. The maximum atomic E-state index is 12.5. The van der Waals surface area contributed by atoms with Gasteiger partial charge in [0.2, 0.25) is 5.75 Å². The topological polar surface area (TPSA) is 108 Å². The van der Waals surface area contributed by atoms with E-state index in [1.807, 2.05) is 24.3 Å². The summed E-state index contributed by atoms with van der Waals surface area (Å²) in [5, 5.41) is 16.3. The predicted octanol–water partition coefficient (Wildman–Crippen LogP) is 3.65. The number of ether oxygens (including phenoxy) is 2. The Morgan fingerprint density at radius 1 is 1.17 bits per heavy atom. The van der Waals surface area contributed by atoms with Gasteiger partial charge in [-0.15, -0.1) is 0 Å². The van der Waals surface area contributed by atoms with Gasteiger partial charge >= 0.3 is 5.69 Å². The monoisotopic (exact) mass is 410 g/mol. The molecular weight excluding hydrogens is 388 g/mol. The van der Waals surface area contributed by atoms with Crippen molar-refractivity contribution in [3.8, 4) is 11.5 Å². The molecule has 0 bridgehead atoms. The second kappa shape index (κ2) is 9.08. The number of nitrogens with one attached hydrogen (secondary N) is 1. The summed E-state index contributed by atoms with van der Waals surface area (Å²) in [6.45, 7) is 4.17. The lowest BCUT2D eigenvalue weighted by atomic mass is 10.1. The van der Waals surface area contributed by atoms with Crippen molar-refractivity contribution in [1.29, 1.82) is 0 Å². The minimum Gasteiger partial charge on any atom is -0.493 e. The van der Waals surface area contributed by atoms with Gasteiger partial charge in [0, 0.05) is 35.6 Å². The predicted molar refractivity (Wildman–Crippen MR) is 113 cm³/mol. The molecule has 9 heteroatoms. The first-order valence-corrected chi connectivity index (χ1v) is 9.42. The molecule has 0 saturated carbocycles. The number of aryl methyl sites for hydroxylation is 1. The molecule has 156 valence electrons. The maximum absolute atomic E-state index is 12.5. The van der Waals surface area contributed by atoms with Gasteiger partial charge in [0.05, 0.1) is 24.4 Å². The van der Waals surface area contributed by atoms with Gasteiger partial charge in [0.15, 0.2) is 0 Å². The van der Waals surface area contributed by atoms with Crippen LogP contribution in [0.1, 0.15) is 29.9 Å². The van der Waals surface area contributed by atoms with Crippen molar-refractivity contribution in [2.45, 2.75) is 13.8 Å². The molecule has 3 rings (SSSR count). The van der Waals surface area contributed by atoms with Crippen LogP contribution in [-0.2, 0) is 7.05 Å². The summed E-state index contributed by atoms with van der Waals surface area (Å²) in [6, 6.07) is 12.2. The Morgan fingerprint density at radius 3 is 2.53 bits per heavy atom. The molecule has 0 saturated heterocycles. The van der Waals surface area contributed by atoms with Crippen molar-refractivity contribution in [2.24, 2.45) is 12.1 Å². The number of nitro groups is 1. The minimum absolute atomic E-state index is 0.114. The molecule has 30 heavy (non-hydrogen) atoms. The number of fused-ring (bicyclic) bond motifs is 1. The van der Waals surface area contributed by atoms with Crippen molar-refractivity contribution < 1.29 is 19.2 Å². The van der Waals surface area contributed by atoms with Crippen LogP contribution in [0.5, 0.6) is 11.5 Å². The molecule has 0 atom stereocenters. The summed E-state index contributed by atoms with van der Waals surface area (Å²) in [5.74, 6) is 0.0835. The summed E-state index contributed by atoms with van der Waals surface area (Å²) in [4.78, 5) is 23.4. The molecular formula is C21H22N4O5. The van der Waals surface area contributed by atoms with Crippen molar-refractivity contribution in [2.75, 3.05) is 13.2 Å². The Bertz CT molecular complexity index is 1120. The quantitative estimate of drug-likeness (QED) is 0.346. The Labute approximate surface area is 173 Å². The van der Waals surface area contributed by atoms with Gasteiger partial charge in [-0.1, -0.05) is 18.2 Å². The number of hydrogen-bond acceptors (Lipinski definition) is 6. The molecule has 0 fully saturated rings. The Balaban J connectivity index is 1.86. The van der Waals surface area contributed by atoms with E-state index in [9.17, 15) is 14.9 Å². The van der Waals surface area contributed by atoms with Crippen LogP contribution in [0.25, 0.3) is 10.9 Å². The average molecular weight is 410 g/mol. The van der Waals surface area contributed by atoms with E-state index in [-0.39, 0.29) is 18.0 Å². The van der Waals surface area contributed by atoms with Crippen LogP contribution in [0.2, 0.25) is 0 Å². The fourth-order valence-corrected chi connectivity index (χ4v) is 3.09. The van der Waals surface area contributed by atoms with Crippen molar-refractivity contribution in [1.82, 2.24) is 9.99 Å². The van der Waals surface area contributed by atoms with E-state index in [0.29, 0.717) is 23.6 Å². The van der Waals surface area contributed by atoms with E-state index in [2.05, 4.69) is 10.5 Å². The second-order valence-corrected chi connectivity index (χ2v) is 6.33. The van der Waals surface area contributed by atoms with E-state index in [4.69, 9.17) is 9.47 Å². The fourth-order valence-electron chi connectivity index (χ4n) is 3.09. The smallest absolute Gasteiger partial charge is 0.311 e. The molecule has 0 aliphatic rings. The van der Waals surface area contributed by atoms with E-state index < -0.39 is 10.8 Å². The molecule has 0 radical (unpaired) electrons. The van der Waals surface area contributed by atoms with Gasteiger partial charge in [-0.25, -0.2) is 5.43 Å². The molecule has 1 amide bonds. The Kier molecular flexibility index (Phi) is 6.31. The lowest BCUT2D eigenvalue weighted by Gasteiger charge is -2.10. The largest absolute Gasteiger partial charge is 0.493 e. The number of hydrogen-bond donors (Lipinski definition) is 1. The van der Waals surface area contributed by atoms with E-state index in [0.717, 1.165) is 10.9 Å². The number of nitro benzene ring substituents is 1. The number of para-hydroxylation sites is 1. The highest BCUT2D eigenvalue weighted by Gasteiger charge is 2.20. The zero-order valence-electron chi connectivity index (χ0n) is 16.9. The molecule has 9 nitrogen and oxygen atoms in total. The van der Waals surface area contributed by atoms with E-state index in [1.54, 1.807) is 31.5 Å². The maximum Gasteiger partial charge on any atom is 0.311 e. The molecule has 0 aliphatic carbocycles. The second-order valence-electron chi connectivity index (χ2n) is 6.33. The van der Waals surface area contributed by atoms with Crippen molar-refractivity contribution in [3.05, 3.63) is 63.8 Å². The third kappa shape index (κ3) is 4.24. The number of rotatable bonds is 8. The summed E-state index contributed by atoms with van der Waals surface area (Å²) < 4.78 is 12.7. The standard InChI is InChI=1S/C21H22N4O5/c1-4-29-19-12-20(30-5-2)17(25(27)28)11-15(19)13-22-23-21(26)18-10-14-8-6-7-9-16(14)24(18)3/h6-13H,4-5H2,1-3H3,(H,23,26)/b22-13+. The van der Waals surface area contributed by atoms with Crippen LogP contribution in [0, 0.1) is 10.1 Å². The zero-order valence-corrected chi connectivity index (χ0v) is 16.9. The van der Waals surface area contributed by atoms with E-state index in [1.165, 1.54) is 18.3 Å². The Hall–Kier alpha value is -3.88. The first-order chi connectivity index (χ1) is 14.5. The zero-order chi connectivity index (χ0) is 21.7. The SMILES string of the molecule is CCOc1cc(OCC)c([N+](=O)[O-])cc1/C=N/NC(=O)c1cc2ccccc2n1C. The lowest BCUT2D eigenvalue weighted by molar-refractivity contribution is -0.385. The van der Waals surface area contributed by atoms with Gasteiger partial charge in [0.1, 0.15) is 11.4 Å². The van der Waals surface area contributed by atoms with Gasteiger partial charge in [-0.05, 0) is 26.0 Å². The number of amides is 1. The number of benzene rings is 2. The van der Waals surface area contributed by atoms with Crippen LogP contribution < -0.4 is 14.9 Å². The van der Waals surface area contributed by atoms with Crippen LogP contribution >= 0.6 is 0 Å². The number of nitrogens with zero attached hydrogens (tertiary/aromatic N) is 3. The molecule has 2 aromatic carbocycles. The van der Waals surface area contributed by atoms with Crippen LogP contribution in [0.15, 0.2) is 47.6 Å². The summed E-state index contributed by atoms with van der Waals surface area (Å²) in [5.41, 5.74) is 3.97. The van der Waals surface area contributed by atoms with Gasteiger partial charge in [0.25, 0.3) is 5.91 Å². The highest BCUT2D eigenvalue weighted by Crippen LogP contribution is 2.34. The number of aromatic nitrogens is 1. The van der Waals surface area contributed by atoms with Crippen LogP contribution in [-0.4, -0.2) is 34.8 Å². The highest BCUT2D eigenvalue weighted by molar-refractivity contribution is 5.99. The van der Waals surface area contributed by atoms with Crippen molar-refractivity contribution in [3.63, 3.8) is 0 Å². The molecule has 1 heterocycles. The summed E-state index contributed by atoms with van der Waals surface area (Å²) in [6.07, 6.45) is 1.31. The Morgan fingerprint density at radius 2 is 1.87 bits per heavy atom. The molecule has 3 aromatic rings. The third-order valence-corrected chi connectivity index (χ3v) is 4.44. The lowest BCUT2D eigenvalue weighted by Crippen LogP contribution is -2.20. The first kappa shape index (κ1) is 20.8. The number of carbonyl (C=O) groups is 1. The molecule has 1 N–H and O–H groups in total. The first-order valence-electron chi connectivity index (χ1n) is 9.42. The van der Waals surface area contributed by atoms with Gasteiger partial charge < -0.3 is 14.0 Å². The summed E-state index contributed by atoms with van der Waals surface area (Å²) in [7, 11) is 1.80. The number of carbonyl (C=O) groups excluding carboxylic acids is 1. The molecule has 1 aromatic heterocycles. The number of hydrazone groups is 1. The van der Waals surface area contributed by atoms with Crippen molar-refractivity contribution >= 4 is 28.7 Å². The average Bonchev–Trinajstić information content (AvgIpc) is 3.06. The van der Waals surface area contributed by atoms with Crippen LogP contribution in [0.4, 0.5) is 5.69 Å². The van der Waals surface area contributed by atoms with Gasteiger partial charge in [-0.2, -0.15) is 5.10 Å². The molecule has 0 spiro atoms. The fraction of sp³-hybridized carbons (Fsp3) is 0.238. The van der Waals surface area contributed by atoms with E-state index >= 15 is 0 Å². The highest BCUT2D eigenvalue weighted by atomic mass is 16.6. The third-order valence-electron chi connectivity index (χ3n) is 4.44. The molecule has 0 unspecified atom stereocenters. The minimum atomic E-state index is -0.536. The van der Waals surface area contributed by atoms with Gasteiger partial charge in [-0.3, -0.25) is 14.9 Å². The normalized spacial score (nSPS) is 11.0.